The predicted octanol–water partition coefficient (Wildman–Crippen LogP) is 1.49. The molecule has 110 valence electrons. The number of hydrogen-bond donors (Lipinski definition) is 2. The van der Waals surface area contributed by atoms with Gasteiger partial charge in [-0.3, -0.25) is 4.79 Å². The highest BCUT2D eigenvalue weighted by Gasteiger charge is 2.16. The quantitative estimate of drug-likeness (QED) is 0.798. The summed E-state index contributed by atoms with van der Waals surface area (Å²) in [5.74, 6) is 0.841. The minimum atomic E-state index is 0. The number of nitrogens with one attached hydrogen (secondary N) is 2. The fourth-order valence-electron chi connectivity index (χ4n) is 1.73. The molecule has 6 heteroatoms. The maximum Gasteiger partial charge on any atom is 0.224 e. The summed E-state index contributed by atoms with van der Waals surface area (Å²) in [6.45, 7) is 6.67. The standard InChI is InChI=1S/C13H23N3O2.ClH/c1-5-11-10(12(6-2)18-16-11)7-13(17)15-8-9(3)14-4;/h9,14H,5-8H2,1-4H3,(H,15,17);1H. The molecule has 0 saturated carbocycles. The second-order valence-electron chi connectivity index (χ2n) is 4.41. The molecule has 0 spiro atoms. The van der Waals surface area contributed by atoms with E-state index in [0.717, 1.165) is 29.9 Å². The molecule has 1 heterocycles. The van der Waals surface area contributed by atoms with E-state index in [1.54, 1.807) is 0 Å². The Hall–Kier alpha value is -1.07. The third-order valence-corrected chi connectivity index (χ3v) is 3.04. The largest absolute Gasteiger partial charge is 0.361 e. The molecule has 0 fully saturated rings. The molecule has 1 aromatic rings. The van der Waals surface area contributed by atoms with Crippen molar-refractivity contribution in [2.75, 3.05) is 13.6 Å². The molecular formula is C13H24ClN3O2. The van der Waals surface area contributed by atoms with Gasteiger partial charge >= 0.3 is 0 Å². The number of likely N-dealkylation sites (N-methyl/N-ethyl adjacent to an activating group) is 1. The maximum atomic E-state index is 11.9. The van der Waals surface area contributed by atoms with Crippen LogP contribution >= 0.6 is 12.4 Å². The first-order chi connectivity index (χ1) is 8.62. The van der Waals surface area contributed by atoms with E-state index < -0.39 is 0 Å². The third kappa shape index (κ3) is 5.20. The van der Waals surface area contributed by atoms with Gasteiger partial charge in [-0.1, -0.05) is 19.0 Å². The van der Waals surface area contributed by atoms with Gasteiger partial charge < -0.3 is 15.2 Å². The molecule has 0 aliphatic carbocycles. The first kappa shape index (κ1) is 17.9. The minimum absolute atomic E-state index is 0. The van der Waals surface area contributed by atoms with Crippen molar-refractivity contribution in [2.24, 2.45) is 0 Å². The Balaban J connectivity index is 0.00000324. The minimum Gasteiger partial charge on any atom is -0.361 e. The van der Waals surface area contributed by atoms with Crippen LogP contribution in [0.3, 0.4) is 0 Å². The average molecular weight is 290 g/mol. The van der Waals surface area contributed by atoms with Crippen molar-refractivity contribution in [1.29, 1.82) is 0 Å². The molecule has 5 nitrogen and oxygen atoms in total. The van der Waals surface area contributed by atoms with E-state index in [1.165, 1.54) is 0 Å². The molecule has 1 atom stereocenters. The Morgan fingerprint density at radius 2 is 2.05 bits per heavy atom. The number of carbonyl (C=O) groups is 1. The fraction of sp³-hybridized carbons (Fsp3) is 0.692. The highest BCUT2D eigenvalue weighted by molar-refractivity contribution is 5.85. The Bertz CT molecular complexity index is 372. The van der Waals surface area contributed by atoms with Crippen molar-refractivity contribution in [3.8, 4) is 0 Å². The van der Waals surface area contributed by atoms with Crippen LogP contribution in [-0.4, -0.2) is 30.7 Å². The molecule has 0 aliphatic heterocycles. The highest BCUT2D eigenvalue weighted by Crippen LogP contribution is 2.16. The van der Waals surface area contributed by atoms with Gasteiger partial charge in [0.25, 0.3) is 0 Å². The summed E-state index contributed by atoms with van der Waals surface area (Å²) in [4.78, 5) is 11.9. The van der Waals surface area contributed by atoms with Gasteiger partial charge in [0.15, 0.2) is 0 Å². The first-order valence-electron chi connectivity index (χ1n) is 6.52. The molecule has 1 aromatic heterocycles. The van der Waals surface area contributed by atoms with Gasteiger partial charge in [-0.05, 0) is 20.4 Å². The van der Waals surface area contributed by atoms with E-state index in [9.17, 15) is 4.79 Å². The van der Waals surface area contributed by atoms with Crippen LogP contribution < -0.4 is 10.6 Å². The lowest BCUT2D eigenvalue weighted by atomic mass is 10.1. The van der Waals surface area contributed by atoms with Crippen molar-refractivity contribution < 1.29 is 9.32 Å². The van der Waals surface area contributed by atoms with E-state index >= 15 is 0 Å². The van der Waals surface area contributed by atoms with Crippen LogP contribution in [0, 0.1) is 0 Å². The second-order valence-corrected chi connectivity index (χ2v) is 4.41. The van der Waals surface area contributed by atoms with E-state index in [2.05, 4.69) is 15.8 Å². The number of rotatable bonds is 7. The lowest BCUT2D eigenvalue weighted by molar-refractivity contribution is -0.120. The van der Waals surface area contributed by atoms with Gasteiger partial charge in [0.1, 0.15) is 5.76 Å². The zero-order valence-electron chi connectivity index (χ0n) is 12.1. The molecule has 1 amide bonds. The number of nitrogens with zero attached hydrogens (tertiary/aromatic N) is 1. The van der Waals surface area contributed by atoms with Crippen LogP contribution in [0.25, 0.3) is 0 Å². The topological polar surface area (TPSA) is 67.2 Å². The molecule has 0 aromatic carbocycles. The summed E-state index contributed by atoms with van der Waals surface area (Å²) in [6, 6.07) is 0.271. The van der Waals surface area contributed by atoms with E-state index in [4.69, 9.17) is 4.52 Å². The molecule has 0 aliphatic rings. The average Bonchev–Trinajstić information content (AvgIpc) is 2.77. The molecular weight excluding hydrogens is 266 g/mol. The SMILES string of the molecule is CCc1noc(CC)c1CC(=O)NCC(C)NC.Cl. The van der Waals surface area contributed by atoms with Crippen LogP contribution in [-0.2, 0) is 24.1 Å². The van der Waals surface area contributed by atoms with Crippen LogP contribution in [0.1, 0.15) is 37.8 Å². The van der Waals surface area contributed by atoms with Crippen molar-refractivity contribution in [3.05, 3.63) is 17.0 Å². The number of aryl methyl sites for hydroxylation is 2. The lowest BCUT2D eigenvalue weighted by Gasteiger charge is -2.11. The molecule has 1 unspecified atom stereocenters. The number of hydrogen-bond acceptors (Lipinski definition) is 4. The Labute approximate surface area is 120 Å². The molecule has 0 saturated heterocycles. The normalized spacial score (nSPS) is 11.8. The first-order valence-corrected chi connectivity index (χ1v) is 6.52. The van der Waals surface area contributed by atoms with Crippen LogP contribution in [0.15, 0.2) is 4.52 Å². The van der Waals surface area contributed by atoms with E-state index in [0.29, 0.717) is 13.0 Å². The summed E-state index contributed by atoms with van der Waals surface area (Å²) >= 11 is 0. The number of halogens is 1. The van der Waals surface area contributed by atoms with Gasteiger partial charge in [-0.2, -0.15) is 0 Å². The summed E-state index contributed by atoms with van der Waals surface area (Å²) < 4.78 is 5.24. The second kappa shape index (κ2) is 8.93. The van der Waals surface area contributed by atoms with Crippen LogP contribution in [0.5, 0.6) is 0 Å². The molecule has 1 rings (SSSR count). The van der Waals surface area contributed by atoms with Crippen molar-refractivity contribution in [1.82, 2.24) is 15.8 Å². The Kier molecular flexibility index (Phi) is 8.43. The highest BCUT2D eigenvalue weighted by atomic mass is 35.5. The molecule has 0 bridgehead atoms. The van der Waals surface area contributed by atoms with Crippen LogP contribution in [0.2, 0.25) is 0 Å². The number of carbonyl (C=O) groups excluding carboxylic acids is 1. The lowest BCUT2D eigenvalue weighted by Crippen LogP contribution is -2.37. The Morgan fingerprint density at radius 3 is 2.58 bits per heavy atom. The van der Waals surface area contributed by atoms with Gasteiger partial charge in [-0.15, -0.1) is 12.4 Å². The third-order valence-electron chi connectivity index (χ3n) is 3.04. The number of aromatic nitrogens is 1. The zero-order valence-corrected chi connectivity index (χ0v) is 12.9. The molecule has 19 heavy (non-hydrogen) atoms. The van der Waals surface area contributed by atoms with Gasteiger partial charge in [0.2, 0.25) is 5.91 Å². The number of amides is 1. The van der Waals surface area contributed by atoms with Gasteiger partial charge in [0, 0.05) is 24.6 Å². The monoisotopic (exact) mass is 289 g/mol. The Morgan fingerprint density at radius 1 is 1.37 bits per heavy atom. The predicted molar refractivity (Wildman–Crippen MR) is 77.7 cm³/mol. The van der Waals surface area contributed by atoms with Gasteiger partial charge in [-0.25, -0.2) is 0 Å². The van der Waals surface area contributed by atoms with Crippen molar-refractivity contribution >= 4 is 18.3 Å². The van der Waals surface area contributed by atoms with Crippen molar-refractivity contribution in [2.45, 2.75) is 46.1 Å². The summed E-state index contributed by atoms with van der Waals surface area (Å²) in [5.41, 5.74) is 1.85. The molecule has 0 radical (unpaired) electrons. The maximum absolute atomic E-state index is 11.9. The van der Waals surface area contributed by atoms with Crippen LogP contribution in [0.4, 0.5) is 0 Å². The van der Waals surface area contributed by atoms with E-state index in [-0.39, 0.29) is 24.4 Å². The smallest absolute Gasteiger partial charge is 0.224 e. The zero-order chi connectivity index (χ0) is 13.5. The summed E-state index contributed by atoms with van der Waals surface area (Å²) in [7, 11) is 1.88. The molecule has 2 N–H and O–H groups in total. The van der Waals surface area contributed by atoms with Crippen molar-refractivity contribution in [3.63, 3.8) is 0 Å². The summed E-state index contributed by atoms with van der Waals surface area (Å²) in [6.07, 6.45) is 1.91. The fourth-order valence-corrected chi connectivity index (χ4v) is 1.73. The van der Waals surface area contributed by atoms with E-state index in [1.807, 2.05) is 27.8 Å². The van der Waals surface area contributed by atoms with Gasteiger partial charge in [0.05, 0.1) is 12.1 Å². The summed E-state index contributed by atoms with van der Waals surface area (Å²) in [5, 5.41) is 9.98.